The molecule has 0 bridgehead atoms. The first kappa shape index (κ1) is 26.4. The van der Waals surface area contributed by atoms with Gasteiger partial charge in [-0.3, -0.25) is 9.69 Å². The average Bonchev–Trinajstić information content (AvgIpc) is 3.76. The largest absolute Gasteiger partial charge is 0.496 e. The Kier molecular flexibility index (Phi) is 6.82. The van der Waals surface area contributed by atoms with Gasteiger partial charge in [0.1, 0.15) is 18.1 Å². The number of carbonyl (C=O) groups excluding carboxylic acids is 2. The maximum Gasteiger partial charge on any atom is 0.414 e. The normalized spacial score (nSPS) is 15.5. The second kappa shape index (κ2) is 10.6. The van der Waals surface area contributed by atoms with E-state index in [1.165, 1.54) is 0 Å². The van der Waals surface area contributed by atoms with Crippen LogP contribution in [0.4, 0.5) is 16.2 Å². The lowest BCUT2D eigenvalue weighted by Crippen LogP contribution is -2.23. The van der Waals surface area contributed by atoms with Crippen molar-refractivity contribution in [2.45, 2.75) is 25.8 Å². The van der Waals surface area contributed by atoms with Crippen LogP contribution >= 0.6 is 0 Å². The minimum Gasteiger partial charge on any atom is -0.496 e. The summed E-state index contributed by atoms with van der Waals surface area (Å²) in [6.07, 6.45) is 1.96. The zero-order chi connectivity index (χ0) is 28.7. The Bertz CT molecular complexity index is 1670. The first-order valence-corrected chi connectivity index (χ1v) is 13.6. The van der Waals surface area contributed by atoms with E-state index in [1.807, 2.05) is 54.6 Å². The average molecular weight is 554 g/mol. The molecule has 1 atom stereocenters. The number of rotatable bonds is 9. The van der Waals surface area contributed by atoms with Gasteiger partial charge < -0.3 is 25.3 Å². The second-order valence-corrected chi connectivity index (χ2v) is 10.4. The van der Waals surface area contributed by atoms with Gasteiger partial charge in [0.15, 0.2) is 5.69 Å². The molecule has 2 aliphatic rings. The van der Waals surface area contributed by atoms with Gasteiger partial charge in [-0.2, -0.15) is 0 Å². The SMILES string of the molecule is COc1cc(N2CCOC2=O)ccc1-c1ccc(OC)c(-c2ccc3c(NC(C)C4CC4)c(C(N)=O)nnc3c2)c1. The fourth-order valence-corrected chi connectivity index (χ4v) is 5.35. The van der Waals surface area contributed by atoms with Crippen molar-refractivity contribution in [3.8, 4) is 33.8 Å². The Morgan fingerprint density at radius 3 is 2.44 bits per heavy atom. The number of fused-ring (bicyclic) bond motifs is 1. The van der Waals surface area contributed by atoms with Crippen molar-refractivity contribution in [1.82, 2.24) is 10.2 Å². The third-order valence-corrected chi connectivity index (χ3v) is 7.78. The number of anilines is 2. The Morgan fingerprint density at radius 2 is 1.76 bits per heavy atom. The van der Waals surface area contributed by atoms with Gasteiger partial charge >= 0.3 is 6.09 Å². The minimum atomic E-state index is -0.620. The van der Waals surface area contributed by atoms with Crippen molar-refractivity contribution >= 4 is 34.3 Å². The number of nitrogens with two attached hydrogens (primary N) is 1. The monoisotopic (exact) mass is 553 g/mol. The number of carbonyl (C=O) groups is 2. The number of amides is 2. The topological polar surface area (TPSA) is 129 Å². The Hall–Kier alpha value is -4.86. The summed E-state index contributed by atoms with van der Waals surface area (Å²) < 4.78 is 16.5. The third-order valence-electron chi connectivity index (χ3n) is 7.78. The summed E-state index contributed by atoms with van der Waals surface area (Å²) in [5.74, 6) is 1.26. The summed E-state index contributed by atoms with van der Waals surface area (Å²) in [5.41, 5.74) is 11.2. The van der Waals surface area contributed by atoms with E-state index in [2.05, 4.69) is 22.4 Å². The number of ether oxygens (including phenoxy) is 3. The van der Waals surface area contributed by atoms with Crippen molar-refractivity contribution in [2.75, 3.05) is 37.6 Å². The van der Waals surface area contributed by atoms with E-state index in [4.69, 9.17) is 19.9 Å². The number of nitrogens with one attached hydrogen (secondary N) is 1. The Balaban J connectivity index is 1.41. The molecule has 1 saturated carbocycles. The van der Waals surface area contributed by atoms with Crippen molar-refractivity contribution in [2.24, 2.45) is 11.7 Å². The van der Waals surface area contributed by atoms with E-state index in [0.717, 1.165) is 40.5 Å². The van der Waals surface area contributed by atoms with Crippen LogP contribution in [0.2, 0.25) is 0 Å². The smallest absolute Gasteiger partial charge is 0.414 e. The lowest BCUT2D eigenvalue weighted by Gasteiger charge is -2.19. The van der Waals surface area contributed by atoms with Crippen molar-refractivity contribution in [1.29, 1.82) is 0 Å². The molecule has 210 valence electrons. The molecule has 41 heavy (non-hydrogen) atoms. The molecule has 1 aromatic heterocycles. The van der Waals surface area contributed by atoms with Gasteiger partial charge in [-0.25, -0.2) is 4.79 Å². The van der Waals surface area contributed by atoms with Gasteiger partial charge in [-0.15, -0.1) is 10.2 Å². The van der Waals surface area contributed by atoms with Crippen LogP contribution in [0.3, 0.4) is 0 Å². The molecule has 0 spiro atoms. The molecule has 3 N–H and O–H groups in total. The van der Waals surface area contributed by atoms with Gasteiger partial charge in [-0.05, 0) is 73.2 Å². The zero-order valence-electron chi connectivity index (χ0n) is 23.1. The van der Waals surface area contributed by atoms with Crippen LogP contribution in [0.25, 0.3) is 33.2 Å². The Labute approximate surface area is 237 Å². The molecule has 1 aliphatic carbocycles. The quantitative estimate of drug-likeness (QED) is 0.288. The molecular weight excluding hydrogens is 522 g/mol. The first-order valence-electron chi connectivity index (χ1n) is 13.6. The van der Waals surface area contributed by atoms with E-state index in [0.29, 0.717) is 47.5 Å². The number of methoxy groups -OCH3 is 2. The number of aromatic nitrogens is 2. The summed E-state index contributed by atoms with van der Waals surface area (Å²) >= 11 is 0. The van der Waals surface area contributed by atoms with E-state index in [9.17, 15) is 9.59 Å². The lowest BCUT2D eigenvalue weighted by atomic mass is 9.96. The second-order valence-electron chi connectivity index (χ2n) is 10.4. The molecular formula is C31H31N5O5. The Morgan fingerprint density at radius 1 is 1.00 bits per heavy atom. The van der Waals surface area contributed by atoms with Gasteiger partial charge in [0, 0.05) is 28.6 Å². The minimum absolute atomic E-state index is 0.134. The predicted octanol–water partition coefficient (Wildman–Crippen LogP) is 5.25. The van der Waals surface area contributed by atoms with Crippen LogP contribution in [0.15, 0.2) is 54.6 Å². The zero-order valence-corrected chi connectivity index (χ0v) is 23.1. The lowest BCUT2D eigenvalue weighted by molar-refractivity contribution is 0.0995. The maximum atomic E-state index is 12.2. The summed E-state index contributed by atoms with van der Waals surface area (Å²) in [5, 5.41) is 12.8. The highest BCUT2D eigenvalue weighted by Gasteiger charge is 2.30. The summed E-state index contributed by atoms with van der Waals surface area (Å²) in [6, 6.07) is 17.6. The van der Waals surface area contributed by atoms with Crippen LogP contribution in [-0.2, 0) is 4.74 Å². The van der Waals surface area contributed by atoms with E-state index in [1.54, 1.807) is 19.1 Å². The molecule has 2 fully saturated rings. The molecule has 2 heterocycles. The highest BCUT2D eigenvalue weighted by Crippen LogP contribution is 2.41. The third kappa shape index (κ3) is 4.97. The molecule has 1 saturated heterocycles. The van der Waals surface area contributed by atoms with Crippen LogP contribution in [0.5, 0.6) is 11.5 Å². The van der Waals surface area contributed by atoms with Gasteiger partial charge in [0.25, 0.3) is 5.91 Å². The number of hydrogen-bond acceptors (Lipinski definition) is 8. The maximum absolute atomic E-state index is 12.2. The number of hydrogen-bond donors (Lipinski definition) is 2. The van der Waals surface area contributed by atoms with Crippen LogP contribution in [0, 0.1) is 5.92 Å². The molecule has 3 aromatic carbocycles. The van der Waals surface area contributed by atoms with Crippen molar-refractivity contribution in [3.63, 3.8) is 0 Å². The van der Waals surface area contributed by atoms with Crippen molar-refractivity contribution < 1.29 is 23.8 Å². The van der Waals surface area contributed by atoms with E-state index < -0.39 is 5.91 Å². The van der Waals surface area contributed by atoms with Crippen LogP contribution in [-0.4, -0.2) is 55.6 Å². The fraction of sp³-hybridized carbons (Fsp3) is 0.290. The summed E-state index contributed by atoms with van der Waals surface area (Å²) in [6.45, 7) is 2.97. The van der Waals surface area contributed by atoms with Crippen LogP contribution in [0.1, 0.15) is 30.3 Å². The van der Waals surface area contributed by atoms with Gasteiger partial charge in [0.05, 0.1) is 37.7 Å². The molecule has 10 nitrogen and oxygen atoms in total. The number of primary amides is 1. The van der Waals surface area contributed by atoms with Gasteiger partial charge in [-0.1, -0.05) is 12.1 Å². The number of nitrogens with zero attached hydrogens (tertiary/aromatic N) is 3. The molecule has 4 aromatic rings. The highest BCUT2D eigenvalue weighted by molar-refractivity contribution is 6.05. The number of cyclic esters (lactones) is 1. The molecule has 6 rings (SSSR count). The van der Waals surface area contributed by atoms with E-state index in [-0.39, 0.29) is 17.8 Å². The molecule has 10 heteroatoms. The standard InChI is InChI=1S/C31H31N5O5/c1-17(18-4-5-18)33-28-23-9-6-20(15-25(23)34-35-29(28)30(32)37)24-14-19(7-11-26(24)39-2)22-10-8-21(16-27(22)40-3)36-12-13-41-31(36)38/h6-11,14-18H,4-5,12-13H2,1-3H3,(H2,32,37)(H,33,34). The van der Waals surface area contributed by atoms with Crippen LogP contribution < -0.4 is 25.4 Å². The summed E-state index contributed by atoms with van der Waals surface area (Å²) in [7, 11) is 3.23. The van der Waals surface area contributed by atoms with E-state index >= 15 is 0 Å². The molecule has 1 unspecified atom stereocenters. The molecule has 1 aliphatic heterocycles. The molecule has 0 radical (unpaired) electrons. The predicted molar refractivity (Wildman–Crippen MR) is 157 cm³/mol. The number of benzene rings is 3. The molecule has 2 amide bonds. The fourth-order valence-electron chi connectivity index (χ4n) is 5.35. The first-order chi connectivity index (χ1) is 19.9. The summed E-state index contributed by atoms with van der Waals surface area (Å²) in [4.78, 5) is 25.8. The highest BCUT2D eigenvalue weighted by atomic mass is 16.6. The van der Waals surface area contributed by atoms with Gasteiger partial charge in [0.2, 0.25) is 0 Å². The van der Waals surface area contributed by atoms with Crippen molar-refractivity contribution in [3.05, 3.63) is 60.3 Å².